The summed E-state index contributed by atoms with van der Waals surface area (Å²) in [7, 11) is -3.64. The van der Waals surface area contributed by atoms with Crippen LogP contribution in [-0.2, 0) is 10.0 Å². The number of aryl methyl sites for hydroxylation is 1. The Balaban J connectivity index is 1.30. The molecule has 2 saturated heterocycles. The molecule has 3 unspecified atom stereocenters. The fourth-order valence-electron chi connectivity index (χ4n) is 5.73. The highest BCUT2D eigenvalue weighted by Crippen LogP contribution is 2.39. The minimum Gasteiger partial charge on any atom is -0.437 e. The van der Waals surface area contributed by atoms with Crippen LogP contribution in [0.2, 0.25) is 0 Å². The van der Waals surface area contributed by atoms with Gasteiger partial charge in [-0.2, -0.15) is 0 Å². The van der Waals surface area contributed by atoms with E-state index in [-0.39, 0.29) is 12.1 Å². The van der Waals surface area contributed by atoms with Gasteiger partial charge in [0.05, 0.1) is 16.9 Å². The fraction of sp³-hybridized carbons (Fsp3) is 0.387. The van der Waals surface area contributed by atoms with Crippen molar-refractivity contribution in [3.63, 3.8) is 0 Å². The molecule has 4 heterocycles. The van der Waals surface area contributed by atoms with Gasteiger partial charge in [-0.05, 0) is 82.3 Å². The van der Waals surface area contributed by atoms with Gasteiger partial charge in [0.25, 0.3) is 0 Å². The van der Waals surface area contributed by atoms with Crippen molar-refractivity contribution in [1.82, 2.24) is 25.6 Å². The molecular weight excluding hydrogens is 550 g/mol. The lowest BCUT2D eigenvalue weighted by Crippen LogP contribution is -2.47. The smallest absolute Gasteiger partial charge is 0.248 e. The van der Waals surface area contributed by atoms with Crippen LogP contribution in [-0.4, -0.2) is 53.9 Å². The molecule has 0 saturated carbocycles. The van der Waals surface area contributed by atoms with Gasteiger partial charge in [0.15, 0.2) is 0 Å². The first-order valence-electron chi connectivity index (χ1n) is 14.6. The Morgan fingerprint density at radius 3 is 2.69 bits per heavy atom. The second-order valence-corrected chi connectivity index (χ2v) is 13.0. The number of nitrogens with one attached hydrogen (secondary N) is 4. The number of aromatic nitrogens is 3. The van der Waals surface area contributed by atoms with E-state index in [1.165, 1.54) is 0 Å². The van der Waals surface area contributed by atoms with Crippen molar-refractivity contribution in [2.45, 2.75) is 63.4 Å². The zero-order chi connectivity index (χ0) is 29.1. The molecule has 10 nitrogen and oxygen atoms in total. The van der Waals surface area contributed by atoms with Gasteiger partial charge >= 0.3 is 0 Å². The molecule has 4 N–H and O–H groups in total. The maximum Gasteiger partial charge on any atom is 0.248 e. The zero-order valence-electron chi connectivity index (χ0n) is 23.9. The van der Waals surface area contributed by atoms with E-state index in [2.05, 4.69) is 30.6 Å². The number of ether oxygens (including phenoxy) is 1. The zero-order valence-corrected chi connectivity index (χ0v) is 24.7. The largest absolute Gasteiger partial charge is 0.437 e. The number of benzene rings is 2. The molecule has 0 amide bonds. The van der Waals surface area contributed by atoms with Crippen LogP contribution in [0.4, 0.5) is 11.6 Å². The summed E-state index contributed by atoms with van der Waals surface area (Å²) in [5, 5.41) is 11.0. The Morgan fingerprint density at radius 2 is 1.86 bits per heavy atom. The normalized spacial score (nSPS) is 21.1. The van der Waals surface area contributed by atoms with Crippen LogP contribution in [0.3, 0.4) is 0 Å². The number of rotatable bonds is 8. The predicted molar refractivity (Wildman–Crippen MR) is 166 cm³/mol. The first kappa shape index (κ1) is 28.3. The molecule has 42 heavy (non-hydrogen) atoms. The van der Waals surface area contributed by atoms with E-state index in [0.29, 0.717) is 35.4 Å². The van der Waals surface area contributed by atoms with Crippen LogP contribution >= 0.6 is 0 Å². The van der Waals surface area contributed by atoms with E-state index in [1.807, 2.05) is 56.3 Å². The highest BCUT2D eigenvalue weighted by Gasteiger charge is 2.30. The molecule has 0 radical (unpaired) electrons. The van der Waals surface area contributed by atoms with Crippen LogP contribution in [0.5, 0.6) is 11.6 Å². The maximum absolute atomic E-state index is 13.3. The summed E-state index contributed by atoms with van der Waals surface area (Å²) < 4.78 is 36.0. The van der Waals surface area contributed by atoms with Gasteiger partial charge in [-0.3, -0.25) is 10.0 Å². The van der Waals surface area contributed by atoms with E-state index in [9.17, 15) is 8.42 Å². The molecule has 11 heteroatoms. The second kappa shape index (κ2) is 12.2. The minimum absolute atomic E-state index is 0.161. The molecule has 2 aromatic carbocycles. The van der Waals surface area contributed by atoms with Crippen molar-refractivity contribution in [3.8, 4) is 22.9 Å². The van der Waals surface area contributed by atoms with Crippen LogP contribution in [0.15, 0.2) is 60.9 Å². The third kappa shape index (κ3) is 6.18. The fourth-order valence-corrected chi connectivity index (χ4v) is 7.24. The summed E-state index contributed by atoms with van der Waals surface area (Å²) in [5.41, 5.74) is 2.84. The average molecular weight is 588 g/mol. The first-order valence-corrected chi connectivity index (χ1v) is 16.2. The Hall–Kier alpha value is -3.80. The summed E-state index contributed by atoms with van der Waals surface area (Å²) in [6.45, 7) is 5.90. The number of hydrogen-bond donors (Lipinski definition) is 4. The van der Waals surface area contributed by atoms with E-state index < -0.39 is 15.4 Å². The first-order chi connectivity index (χ1) is 20.4. The SMILES string of the molecule is Cc1ccc2c(NS(=O)(=O)C3CCCC(C)N3)cccc2c1Oc1ncccc1-c1ccnc(NC2CCCNC2)n1. The third-order valence-electron chi connectivity index (χ3n) is 7.94. The van der Waals surface area contributed by atoms with Crippen molar-refractivity contribution in [1.29, 1.82) is 0 Å². The van der Waals surface area contributed by atoms with Crippen LogP contribution in [0.25, 0.3) is 22.0 Å². The predicted octanol–water partition coefficient (Wildman–Crippen LogP) is 5.19. The molecule has 4 aromatic rings. The van der Waals surface area contributed by atoms with Crippen molar-refractivity contribution >= 4 is 32.4 Å². The molecule has 2 aliphatic rings. The number of piperidine rings is 2. The van der Waals surface area contributed by atoms with E-state index in [0.717, 1.165) is 60.7 Å². The van der Waals surface area contributed by atoms with Gasteiger partial charge in [-0.15, -0.1) is 0 Å². The topological polar surface area (TPSA) is 130 Å². The van der Waals surface area contributed by atoms with Gasteiger partial charge in [-0.25, -0.2) is 23.4 Å². The number of fused-ring (bicyclic) bond motifs is 1. The highest BCUT2D eigenvalue weighted by atomic mass is 32.2. The van der Waals surface area contributed by atoms with Crippen molar-refractivity contribution < 1.29 is 13.2 Å². The second-order valence-electron chi connectivity index (χ2n) is 11.2. The van der Waals surface area contributed by atoms with Gasteiger partial charge in [0.1, 0.15) is 11.1 Å². The standard InChI is InChI=1S/C31H37N7O3S/c1-20-13-14-23-24(9-4-11-27(23)38-42(39,40)28-12-3-7-21(2)35-28)29(20)41-30-25(10-6-17-33-30)26-15-18-34-31(37-26)36-22-8-5-16-32-19-22/h4,6,9-11,13-15,17-18,21-22,28,32,35,38H,3,5,7-8,12,16,19H2,1-2H3,(H,34,36,37). The lowest BCUT2D eigenvalue weighted by atomic mass is 10.0. The lowest BCUT2D eigenvalue weighted by Gasteiger charge is -2.29. The molecular formula is C31H37N7O3S. The molecule has 3 atom stereocenters. The van der Waals surface area contributed by atoms with Crippen molar-refractivity contribution in [3.05, 3.63) is 66.5 Å². The van der Waals surface area contributed by atoms with E-state index >= 15 is 0 Å². The van der Waals surface area contributed by atoms with Crippen molar-refractivity contribution in [2.24, 2.45) is 0 Å². The highest BCUT2D eigenvalue weighted by molar-refractivity contribution is 7.93. The van der Waals surface area contributed by atoms with Crippen LogP contribution in [0.1, 0.15) is 44.6 Å². The Kier molecular flexibility index (Phi) is 8.23. The van der Waals surface area contributed by atoms with Crippen molar-refractivity contribution in [2.75, 3.05) is 23.1 Å². The number of sulfonamides is 1. The van der Waals surface area contributed by atoms with Gasteiger partial charge in [0, 0.05) is 41.8 Å². The number of pyridine rings is 1. The van der Waals surface area contributed by atoms with E-state index in [1.54, 1.807) is 18.5 Å². The van der Waals surface area contributed by atoms with Gasteiger partial charge in [0.2, 0.25) is 21.9 Å². The molecule has 2 aromatic heterocycles. The minimum atomic E-state index is -3.64. The summed E-state index contributed by atoms with van der Waals surface area (Å²) in [6, 6.07) is 15.5. The molecule has 0 bridgehead atoms. The molecule has 2 aliphatic heterocycles. The summed E-state index contributed by atoms with van der Waals surface area (Å²) >= 11 is 0. The average Bonchev–Trinajstić information content (AvgIpc) is 2.99. The number of anilines is 2. The Bertz CT molecular complexity index is 1670. The van der Waals surface area contributed by atoms with Gasteiger partial charge in [-0.1, -0.05) is 24.3 Å². The lowest BCUT2D eigenvalue weighted by molar-refractivity contribution is 0.388. The van der Waals surface area contributed by atoms with E-state index in [4.69, 9.17) is 9.72 Å². The molecule has 0 spiro atoms. The van der Waals surface area contributed by atoms with Crippen LogP contribution < -0.4 is 25.4 Å². The monoisotopic (exact) mass is 587 g/mol. The summed E-state index contributed by atoms with van der Waals surface area (Å²) in [4.78, 5) is 13.8. The number of nitrogens with zero attached hydrogens (tertiary/aromatic N) is 3. The molecule has 0 aliphatic carbocycles. The number of hydrogen-bond acceptors (Lipinski definition) is 9. The molecule has 220 valence electrons. The Labute approximate surface area is 246 Å². The molecule has 6 rings (SSSR count). The Morgan fingerprint density at radius 1 is 0.952 bits per heavy atom. The summed E-state index contributed by atoms with van der Waals surface area (Å²) in [5.74, 6) is 1.58. The van der Waals surface area contributed by atoms with Crippen LogP contribution in [0, 0.1) is 6.92 Å². The quantitative estimate of drug-likeness (QED) is 0.220. The molecule has 2 fully saturated rings. The maximum atomic E-state index is 13.3. The summed E-state index contributed by atoms with van der Waals surface area (Å²) in [6.07, 6.45) is 8.03. The third-order valence-corrected chi connectivity index (χ3v) is 9.57. The van der Waals surface area contributed by atoms with Gasteiger partial charge < -0.3 is 15.4 Å².